The van der Waals surface area contributed by atoms with Crippen molar-refractivity contribution in [3.05, 3.63) is 23.9 Å². The van der Waals surface area contributed by atoms with Gasteiger partial charge in [0.05, 0.1) is 0 Å². The van der Waals surface area contributed by atoms with Gasteiger partial charge in [-0.3, -0.25) is 0 Å². The molecule has 0 aromatic carbocycles. The normalized spacial score (nSPS) is 30.0. The van der Waals surface area contributed by atoms with Gasteiger partial charge in [-0.05, 0) is 13.0 Å². The predicted octanol–water partition coefficient (Wildman–Crippen LogP) is 1.11. The van der Waals surface area contributed by atoms with Gasteiger partial charge in [0.2, 0.25) is 0 Å². The molecule has 0 saturated heterocycles. The minimum atomic E-state index is -0.158. The summed E-state index contributed by atoms with van der Waals surface area (Å²) in [7, 11) is 4.09. The highest BCUT2D eigenvalue weighted by Gasteiger charge is 2.19. The van der Waals surface area contributed by atoms with E-state index in [9.17, 15) is 0 Å². The molecule has 0 aromatic rings. The quantitative estimate of drug-likeness (QED) is 0.610. The van der Waals surface area contributed by atoms with Crippen LogP contribution >= 0.6 is 0 Å². The minimum absolute atomic E-state index is 0.158. The van der Waals surface area contributed by atoms with E-state index in [2.05, 4.69) is 11.0 Å². The van der Waals surface area contributed by atoms with Crippen molar-refractivity contribution >= 4 is 0 Å². The van der Waals surface area contributed by atoms with Crippen molar-refractivity contribution in [2.45, 2.75) is 18.9 Å². The van der Waals surface area contributed by atoms with E-state index in [1.807, 2.05) is 33.2 Å². The summed E-state index contributed by atoms with van der Waals surface area (Å²) < 4.78 is 0. The van der Waals surface area contributed by atoms with Crippen molar-refractivity contribution in [1.82, 2.24) is 4.90 Å². The predicted molar refractivity (Wildman–Crippen MR) is 48.1 cm³/mol. The van der Waals surface area contributed by atoms with E-state index in [4.69, 9.17) is 5.73 Å². The first-order valence-corrected chi connectivity index (χ1v) is 3.86. The first kappa shape index (κ1) is 8.34. The molecule has 2 N–H and O–H groups in total. The second kappa shape index (κ2) is 2.70. The van der Waals surface area contributed by atoms with Gasteiger partial charge in [0.1, 0.15) is 0 Å². The summed E-state index contributed by atoms with van der Waals surface area (Å²) in [4.78, 5) is 2.11. The van der Waals surface area contributed by atoms with Gasteiger partial charge < -0.3 is 10.6 Å². The van der Waals surface area contributed by atoms with Crippen molar-refractivity contribution in [2.75, 3.05) is 14.1 Å². The van der Waals surface area contributed by atoms with E-state index in [1.54, 1.807) is 0 Å². The maximum absolute atomic E-state index is 5.95. The lowest BCUT2D eigenvalue weighted by atomic mass is 9.92. The molecule has 0 heterocycles. The fourth-order valence-corrected chi connectivity index (χ4v) is 1.19. The topological polar surface area (TPSA) is 29.3 Å². The van der Waals surface area contributed by atoms with Gasteiger partial charge in [0, 0.05) is 31.8 Å². The van der Waals surface area contributed by atoms with E-state index >= 15 is 0 Å². The van der Waals surface area contributed by atoms with E-state index < -0.39 is 0 Å². The van der Waals surface area contributed by atoms with Crippen LogP contribution in [0.4, 0.5) is 0 Å². The monoisotopic (exact) mass is 152 g/mol. The van der Waals surface area contributed by atoms with E-state index in [0.717, 1.165) is 6.42 Å². The third-order valence-corrected chi connectivity index (χ3v) is 1.90. The molecule has 0 aromatic heterocycles. The Kier molecular flexibility index (Phi) is 2.05. The number of hydrogen-bond acceptors (Lipinski definition) is 2. The molecule has 1 unspecified atom stereocenters. The molecule has 62 valence electrons. The molecule has 0 radical (unpaired) electrons. The van der Waals surface area contributed by atoms with Crippen LogP contribution in [0, 0.1) is 0 Å². The molecule has 0 aliphatic heterocycles. The largest absolute Gasteiger partial charge is 0.381 e. The van der Waals surface area contributed by atoms with Gasteiger partial charge in [0.25, 0.3) is 0 Å². The zero-order valence-electron chi connectivity index (χ0n) is 7.46. The summed E-state index contributed by atoms with van der Waals surface area (Å²) in [6.07, 6.45) is 7.10. The second-order valence-electron chi connectivity index (χ2n) is 3.59. The van der Waals surface area contributed by atoms with E-state index in [0.29, 0.717) is 0 Å². The van der Waals surface area contributed by atoms with Gasteiger partial charge in [0.15, 0.2) is 0 Å². The van der Waals surface area contributed by atoms with Crippen LogP contribution in [0.25, 0.3) is 0 Å². The average Bonchev–Trinajstić information content (AvgIpc) is 1.85. The Hall–Kier alpha value is -0.760. The van der Waals surface area contributed by atoms with Crippen molar-refractivity contribution in [3.8, 4) is 0 Å². The van der Waals surface area contributed by atoms with Gasteiger partial charge in [-0.2, -0.15) is 0 Å². The van der Waals surface area contributed by atoms with Crippen LogP contribution in [-0.2, 0) is 0 Å². The summed E-state index contributed by atoms with van der Waals surface area (Å²) in [5, 5.41) is 0. The molecule has 1 atom stereocenters. The Bertz CT molecular complexity index is 200. The fraction of sp³-hybridized carbons (Fsp3) is 0.556. The lowest BCUT2D eigenvalue weighted by molar-refractivity contribution is 0.434. The molecular formula is C9H16N2. The molecule has 0 saturated carbocycles. The van der Waals surface area contributed by atoms with Crippen molar-refractivity contribution < 1.29 is 0 Å². The molecule has 1 aliphatic rings. The SMILES string of the molecule is CN(C)C1=CC=CC(C)(N)C1. The highest BCUT2D eigenvalue weighted by atomic mass is 15.1. The van der Waals surface area contributed by atoms with E-state index in [1.165, 1.54) is 5.70 Å². The van der Waals surface area contributed by atoms with Crippen molar-refractivity contribution in [2.24, 2.45) is 5.73 Å². The third-order valence-electron chi connectivity index (χ3n) is 1.90. The summed E-state index contributed by atoms with van der Waals surface area (Å²) in [6, 6.07) is 0. The average molecular weight is 152 g/mol. The molecule has 2 heteroatoms. The van der Waals surface area contributed by atoms with Crippen LogP contribution in [0.2, 0.25) is 0 Å². The van der Waals surface area contributed by atoms with Crippen molar-refractivity contribution in [3.63, 3.8) is 0 Å². The van der Waals surface area contributed by atoms with Gasteiger partial charge >= 0.3 is 0 Å². The Morgan fingerprint density at radius 1 is 1.55 bits per heavy atom. The first-order valence-electron chi connectivity index (χ1n) is 3.86. The first-order chi connectivity index (χ1) is 5.01. The molecule has 2 nitrogen and oxygen atoms in total. The summed E-state index contributed by atoms with van der Waals surface area (Å²) in [6.45, 7) is 2.04. The second-order valence-corrected chi connectivity index (χ2v) is 3.59. The van der Waals surface area contributed by atoms with Gasteiger partial charge in [-0.15, -0.1) is 0 Å². The van der Waals surface area contributed by atoms with Crippen molar-refractivity contribution in [1.29, 1.82) is 0 Å². The Morgan fingerprint density at radius 2 is 2.18 bits per heavy atom. The van der Waals surface area contributed by atoms with Crippen LogP contribution in [0.15, 0.2) is 23.9 Å². The Balaban J connectivity index is 2.73. The summed E-state index contributed by atoms with van der Waals surface area (Å²) in [5.41, 5.74) is 7.08. The number of hydrogen-bond donors (Lipinski definition) is 1. The maximum atomic E-state index is 5.95. The van der Waals surface area contributed by atoms with Gasteiger partial charge in [-0.25, -0.2) is 0 Å². The summed E-state index contributed by atoms with van der Waals surface area (Å²) in [5.74, 6) is 0. The molecule has 0 bridgehead atoms. The Morgan fingerprint density at radius 3 is 2.55 bits per heavy atom. The zero-order valence-corrected chi connectivity index (χ0v) is 7.46. The molecule has 1 aliphatic carbocycles. The number of nitrogens with zero attached hydrogens (tertiary/aromatic N) is 1. The molecule has 0 amide bonds. The smallest absolute Gasteiger partial charge is 0.0368 e. The van der Waals surface area contributed by atoms with Crippen LogP contribution in [-0.4, -0.2) is 24.5 Å². The number of allylic oxidation sites excluding steroid dienone is 2. The lowest BCUT2D eigenvalue weighted by Gasteiger charge is -2.28. The highest BCUT2D eigenvalue weighted by molar-refractivity contribution is 5.24. The van der Waals surface area contributed by atoms with Crippen LogP contribution < -0.4 is 5.73 Å². The Labute approximate surface area is 68.4 Å². The van der Waals surface area contributed by atoms with Crippen LogP contribution in [0.5, 0.6) is 0 Å². The molecule has 0 fully saturated rings. The maximum Gasteiger partial charge on any atom is 0.0368 e. The van der Waals surface area contributed by atoms with E-state index in [-0.39, 0.29) is 5.54 Å². The third kappa shape index (κ3) is 2.09. The lowest BCUT2D eigenvalue weighted by Crippen LogP contribution is -2.37. The number of nitrogens with two attached hydrogens (primary N) is 1. The fourth-order valence-electron chi connectivity index (χ4n) is 1.19. The van der Waals surface area contributed by atoms with Crippen LogP contribution in [0.1, 0.15) is 13.3 Å². The highest BCUT2D eigenvalue weighted by Crippen LogP contribution is 2.20. The summed E-state index contributed by atoms with van der Waals surface area (Å²) >= 11 is 0. The zero-order chi connectivity index (χ0) is 8.48. The van der Waals surface area contributed by atoms with Crippen LogP contribution in [0.3, 0.4) is 0 Å². The minimum Gasteiger partial charge on any atom is -0.381 e. The standard InChI is InChI=1S/C9H16N2/c1-9(10)6-4-5-8(7-9)11(2)3/h4-6H,7,10H2,1-3H3. The molecule has 1 rings (SSSR count). The molecular weight excluding hydrogens is 136 g/mol. The molecule has 11 heavy (non-hydrogen) atoms. The van der Waals surface area contributed by atoms with Gasteiger partial charge in [-0.1, -0.05) is 12.2 Å². The number of rotatable bonds is 1. The molecule has 0 spiro atoms.